The molecule has 0 aromatic rings. The van der Waals surface area contributed by atoms with Crippen molar-refractivity contribution < 1.29 is 9.59 Å². The fourth-order valence-electron chi connectivity index (χ4n) is 2.54. The Morgan fingerprint density at radius 2 is 2.13 bits per heavy atom. The first-order valence-electron chi connectivity index (χ1n) is 5.74. The maximum atomic E-state index is 11.6. The van der Waals surface area contributed by atoms with Gasteiger partial charge in [0.25, 0.3) is 0 Å². The lowest BCUT2D eigenvalue weighted by molar-refractivity contribution is -0.138. The van der Waals surface area contributed by atoms with Crippen molar-refractivity contribution >= 4 is 11.8 Å². The summed E-state index contributed by atoms with van der Waals surface area (Å²) in [7, 11) is 0. The van der Waals surface area contributed by atoms with Crippen LogP contribution in [0.3, 0.4) is 0 Å². The molecule has 84 valence electrons. The smallest absolute Gasteiger partial charge is 0.243 e. The minimum absolute atomic E-state index is 0.0644. The van der Waals surface area contributed by atoms with Gasteiger partial charge in [0, 0.05) is 13.0 Å². The number of carbonyl (C=O) groups excluding carboxylic acids is 2. The predicted molar refractivity (Wildman–Crippen MR) is 56.1 cm³/mol. The molecule has 0 bridgehead atoms. The molecule has 4 nitrogen and oxygen atoms in total. The van der Waals surface area contributed by atoms with E-state index in [1.807, 2.05) is 0 Å². The summed E-state index contributed by atoms with van der Waals surface area (Å²) in [6.45, 7) is 4.21. The molecule has 2 unspecified atom stereocenters. The van der Waals surface area contributed by atoms with Crippen LogP contribution in [0.5, 0.6) is 0 Å². The Morgan fingerprint density at radius 1 is 1.33 bits per heavy atom. The largest absolute Gasteiger partial charge is 0.295 e. The standard InChI is InChI=1S/C11H18N2O2/c1-8-3-2-6-13(7-8)9-4-5-10(14)12-11(9)15/h8-9H,2-7H2,1H3,(H,12,14,15). The highest BCUT2D eigenvalue weighted by Gasteiger charge is 2.33. The van der Waals surface area contributed by atoms with Crippen LogP contribution in [0.1, 0.15) is 32.6 Å². The van der Waals surface area contributed by atoms with Crippen LogP contribution in [-0.2, 0) is 9.59 Å². The number of piperidine rings is 2. The SMILES string of the molecule is CC1CCCN(C2CCC(=O)NC2=O)C1. The molecule has 2 amide bonds. The molecule has 2 aliphatic heterocycles. The molecular formula is C11H18N2O2. The second-order valence-corrected chi connectivity index (χ2v) is 4.71. The predicted octanol–water partition coefficient (Wildman–Crippen LogP) is 0.523. The van der Waals surface area contributed by atoms with Crippen LogP contribution in [0.25, 0.3) is 0 Å². The average molecular weight is 210 g/mol. The van der Waals surface area contributed by atoms with Crippen molar-refractivity contribution in [1.29, 1.82) is 0 Å². The quantitative estimate of drug-likeness (QED) is 0.642. The topological polar surface area (TPSA) is 49.4 Å². The Kier molecular flexibility index (Phi) is 3.05. The van der Waals surface area contributed by atoms with Crippen molar-refractivity contribution in [3.63, 3.8) is 0 Å². The van der Waals surface area contributed by atoms with E-state index in [1.54, 1.807) is 0 Å². The molecular weight excluding hydrogens is 192 g/mol. The minimum atomic E-state index is -0.124. The Labute approximate surface area is 90.0 Å². The number of carbonyl (C=O) groups is 2. The van der Waals surface area contributed by atoms with Crippen molar-refractivity contribution in [2.75, 3.05) is 13.1 Å². The van der Waals surface area contributed by atoms with E-state index in [4.69, 9.17) is 0 Å². The summed E-state index contributed by atoms with van der Waals surface area (Å²) in [6.07, 6.45) is 3.60. The molecule has 4 heteroatoms. The highest BCUT2D eigenvalue weighted by Crippen LogP contribution is 2.21. The highest BCUT2D eigenvalue weighted by molar-refractivity contribution is 6.00. The molecule has 0 aromatic heterocycles. The number of hydrogen-bond acceptors (Lipinski definition) is 3. The zero-order valence-electron chi connectivity index (χ0n) is 9.16. The average Bonchev–Trinajstić information content (AvgIpc) is 2.17. The van der Waals surface area contributed by atoms with Crippen LogP contribution in [-0.4, -0.2) is 35.8 Å². The van der Waals surface area contributed by atoms with Gasteiger partial charge in [0.2, 0.25) is 11.8 Å². The van der Waals surface area contributed by atoms with E-state index in [0.29, 0.717) is 18.8 Å². The summed E-state index contributed by atoms with van der Waals surface area (Å²) in [5, 5.41) is 2.42. The van der Waals surface area contributed by atoms with E-state index in [1.165, 1.54) is 12.8 Å². The van der Waals surface area contributed by atoms with Gasteiger partial charge in [-0.15, -0.1) is 0 Å². The van der Waals surface area contributed by atoms with Crippen LogP contribution < -0.4 is 5.32 Å². The number of hydrogen-bond donors (Lipinski definition) is 1. The lowest BCUT2D eigenvalue weighted by Gasteiger charge is -2.37. The van der Waals surface area contributed by atoms with Crippen molar-refractivity contribution in [2.45, 2.75) is 38.6 Å². The van der Waals surface area contributed by atoms with Gasteiger partial charge < -0.3 is 0 Å². The molecule has 0 saturated carbocycles. The molecule has 15 heavy (non-hydrogen) atoms. The molecule has 2 fully saturated rings. The number of imide groups is 1. The maximum Gasteiger partial charge on any atom is 0.243 e. The fraction of sp³-hybridized carbons (Fsp3) is 0.818. The number of likely N-dealkylation sites (tertiary alicyclic amines) is 1. The summed E-state index contributed by atoms with van der Waals surface area (Å²) in [5.41, 5.74) is 0. The summed E-state index contributed by atoms with van der Waals surface area (Å²) in [4.78, 5) is 24.9. The number of rotatable bonds is 1. The lowest BCUT2D eigenvalue weighted by atomic mass is 9.96. The van der Waals surface area contributed by atoms with Gasteiger partial charge in [-0.3, -0.25) is 19.8 Å². The van der Waals surface area contributed by atoms with Crippen LogP contribution in [0.4, 0.5) is 0 Å². The van der Waals surface area contributed by atoms with E-state index < -0.39 is 0 Å². The Hall–Kier alpha value is -0.900. The van der Waals surface area contributed by atoms with E-state index in [-0.39, 0.29) is 17.9 Å². The summed E-state index contributed by atoms with van der Waals surface area (Å²) >= 11 is 0. The van der Waals surface area contributed by atoms with Gasteiger partial charge in [-0.1, -0.05) is 6.92 Å². The van der Waals surface area contributed by atoms with E-state index in [0.717, 1.165) is 13.1 Å². The third-order valence-electron chi connectivity index (χ3n) is 3.34. The minimum Gasteiger partial charge on any atom is -0.295 e. The van der Waals surface area contributed by atoms with Gasteiger partial charge in [0.05, 0.1) is 6.04 Å². The molecule has 0 aromatic carbocycles. The Balaban J connectivity index is 1.97. The molecule has 0 radical (unpaired) electrons. The zero-order chi connectivity index (χ0) is 10.8. The van der Waals surface area contributed by atoms with E-state index in [9.17, 15) is 9.59 Å². The number of nitrogens with zero attached hydrogens (tertiary/aromatic N) is 1. The van der Waals surface area contributed by atoms with Crippen molar-refractivity contribution in [3.8, 4) is 0 Å². The van der Waals surface area contributed by atoms with Crippen LogP contribution in [0, 0.1) is 5.92 Å². The molecule has 2 aliphatic rings. The zero-order valence-corrected chi connectivity index (χ0v) is 9.16. The fourth-order valence-corrected chi connectivity index (χ4v) is 2.54. The van der Waals surface area contributed by atoms with Crippen LogP contribution in [0.2, 0.25) is 0 Å². The third kappa shape index (κ3) is 2.37. The summed E-state index contributed by atoms with van der Waals surface area (Å²) in [6, 6.07) is -0.0644. The second kappa shape index (κ2) is 4.31. The molecule has 1 N–H and O–H groups in total. The molecule has 0 aliphatic carbocycles. The maximum absolute atomic E-state index is 11.6. The molecule has 0 spiro atoms. The van der Waals surface area contributed by atoms with Gasteiger partial charge in [0.1, 0.15) is 0 Å². The lowest BCUT2D eigenvalue weighted by Crippen LogP contribution is -2.54. The van der Waals surface area contributed by atoms with Crippen LogP contribution in [0.15, 0.2) is 0 Å². The summed E-state index contributed by atoms with van der Waals surface area (Å²) < 4.78 is 0. The van der Waals surface area contributed by atoms with Gasteiger partial charge in [-0.05, 0) is 31.7 Å². The molecule has 2 saturated heterocycles. The first-order valence-corrected chi connectivity index (χ1v) is 5.74. The number of amides is 2. The van der Waals surface area contributed by atoms with E-state index >= 15 is 0 Å². The Bertz CT molecular complexity index is 278. The third-order valence-corrected chi connectivity index (χ3v) is 3.34. The van der Waals surface area contributed by atoms with E-state index in [2.05, 4.69) is 17.1 Å². The van der Waals surface area contributed by atoms with Gasteiger partial charge in [-0.25, -0.2) is 0 Å². The summed E-state index contributed by atoms with van der Waals surface area (Å²) in [5.74, 6) is 0.450. The number of nitrogens with one attached hydrogen (secondary N) is 1. The highest BCUT2D eigenvalue weighted by atomic mass is 16.2. The van der Waals surface area contributed by atoms with Crippen molar-refractivity contribution in [1.82, 2.24) is 10.2 Å². The normalized spacial score (nSPS) is 33.9. The van der Waals surface area contributed by atoms with Crippen LogP contribution >= 0.6 is 0 Å². The molecule has 2 rings (SSSR count). The van der Waals surface area contributed by atoms with Crippen molar-refractivity contribution in [2.24, 2.45) is 5.92 Å². The second-order valence-electron chi connectivity index (χ2n) is 4.71. The monoisotopic (exact) mass is 210 g/mol. The molecule has 2 heterocycles. The first kappa shape index (κ1) is 10.6. The van der Waals surface area contributed by atoms with Gasteiger partial charge >= 0.3 is 0 Å². The molecule has 2 atom stereocenters. The Morgan fingerprint density at radius 3 is 2.80 bits per heavy atom. The first-order chi connectivity index (χ1) is 7.16. The van der Waals surface area contributed by atoms with Gasteiger partial charge in [-0.2, -0.15) is 0 Å². The van der Waals surface area contributed by atoms with Crippen molar-refractivity contribution in [3.05, 3.63) is 0 Å². The van der Waals surface area contributed by atoms with Gasteiger partial charge in [0.15, 0.2) is 0 Å².